The van der Waals surface area contributed by atoms with Crippen LogP contribution in [0.25, 0.3) is 0 Å². The third-order valence-electron chi connectivity index (χ3n) is 5.00. The summed E-state index contributed by atoms with van der Waals surface area (Å²) < 4.78 is 40.3. The minimum Gasteiger partial charge on any atom is -0.345 e. The molecule has 0 saturated heterocycles. The monoisotopic (exact) mass is 424 g/mol. The van der Waals surface area contributed by atoms with Crippen LogP contribution < -0.4 is 5.32 Å². The highest BCUT2D eigenvalue weighted by atomic mass is 35.5. The standard InChI is InChI=1S/C20H22ClFN2O3S/c1-3-24(4-2)28(26,27)19-12-14(5-9-17(19)21)20(25)23-18-10-6-13-11-15(22)7-8-16(13)18/h5,7-9,11-12,18H,3-4,6,10H2,1-2H3,(H,23,25). The number of hydrogen-bond acceptors (Lipinski definition) is 3. The van der Waals surface area contributed by atoms with Gasteiger partial charge in [0.25, 0.3) is 5.91 Å². The van der Waals surface area contributed by atoms with Crippen molar-refractivity contribution in [1.82, 2.24) is 9.62 Å². The maximum absolute atomic E-state index is 13.4. The highest BCUT2D eigenvalue weighted by Gasteiger charge is 2.28. The number of hydrogen-bond donors (Lipinski definition) is 1. The summed E-state index contributed by atoms with van der Waals surface area (Å²) in [6.45, 7) is 4.10. The number of amides is 1. The number of rotatable bonds is 6. The predicted molar refractivity (Wildman–Crippen MR) is 106 cm³/mol. The Morgan fingerprint density at radius 2 is 1.93 bits per heavy atom. The Labute approximate surface area is 169 Å². The Hall–Kier alpha value is -1.96. The molecule has 0 spiro atoms. The van der Waals surface area contributed by atoms with Crippen LogP contribution in [0.2, 0.25) is 5.02 Å². The number of sulfonamides is 1. The second-order valence-electron chi connectivity index (χ2n) is 6.64. The first-order valence-corrected chi connectivity index (χ1v) is 11.0. The first kappa shape index (κ1) is 20.8. The number of carbonyl (C=O) groups excluding carboxylic acids is 1. The lowest BCUT2D eigenvalue weighted by molar-refractivity contribution is 0.0936. The predicted octanol–water partition coefficient (Wildman–Crippen LogP) is 3.93. The lowest BCUT2D eigenvalue weighted by Crippen LogP contribution is -2.31. The molecule has 1 aliphatic carbocycles. The number of benzene rings is 2. The molecule has 0 radical (unpaired) electrons. The number of aryl methyl sites for hydroxylation is 1. The molecule has 0 fully saturated rings. The summed E-state index contributed by atoms with van der Waals surface area (Å²) in [6, 6.07) is 8.54. The number of fused-ring (bicyclic) bond motifs is 1. The van der Waals surface area contributed by atoms with Gasteiger partial charge in [0.15, 0.2) is 0 Å². The Kier molecular flexibility index (Phi) is 6.07. The molecule has 1 N–H and O–H groups in total. The summed E-state index contributed by atoms with van der Waals surface area (Å²) in [4.78, 5) is 12.7. The van der Waals surface area contributed by atoms with Gasteiger partial charge in [-0.25, -0.2) is 12.8 Å². The van der Waals surface area contributed by atoms with Crippen LogP contribution in [0.1, 0.15) is 47.8 Å². The van der Waals surface area contributed by atoms with Crippen molar-refractivity contribution in [1.29, 1.82) is 0 Å². The fraction of sp³-hybridized carbons (Fsp3) is 0.350. The molecule has 1 amide bonds. The van der Waals surface area contributed by atoms with Gasteiger partial charge in [0, 0.05) is 18.7 Å². The minimum absolute atomic E-state index is 0.0742. The summed E-state index contributed by atoms with van der Waals surface area (Å²) in [5, 5.41) is 2.99. The van der Waals surface area contributed by atoms with E-state index in [1.807, 2.05) is 0 Å². The molecule has 28 heavy (non-hydrogen) atoms. The molecule has 0 aromatic heterocycles. The molecule has 1 aliphatic rings. The quantitative estimate of drug-likeness (QED) is 0.764. The van der Waals surface area contributed by atoms with Crippen molar-refractivity contribution in [3.8, 4) is 0 Å². The van der Waals surface area contributed by atoms with Crippen LogP contribution in [0, 0.1) is 5.82 Å². The molecule has 0 aliphatic heterocycles. The van der Waals surface area contributed by atoms with Crippen molar-refractivity contribution in [2.45, 2.75) is 37.6 Å². The van der Waals surface area contributed by atoms with Gasteiger partial charge in [0.1, 0.15) is 10.7 Å². The number of halogens is 2. The molecule has 0 saturated carbocycles. The Balaban J connectivity index is 1.87. The fourth-order valence-corrected chi connectivity index (χ4v) is 5.48. The SMILES string of the molecule is CCN(CC)S(=O)(=O)c1cc(C(=O)NC2CCc3cc(F)ccc32)ccc1Cl. The molecule has 0 heterocycles. The smallest absolute Gasteiger partial charge is 0.251 e. The van der Waals surface area contributed by atoms with E-state index < -0.39 is 15.9 Å². The van der Waals surface area contributed by atoms with Gasteiger partial charge in [-0.05, 0) is 54.3 Å². The van der Waals surface area contributed by atoms with Gasteiger partial charge >= 0.3 is 0 Å². The largest absolute Gasteiger partial charge is 0.345 e. The molecule has 3 rings (SSSR count). The third-order valence-corrected chi connectivity index (χ3v) is 7.54. The summed E-state index contributed by atoms with van der Waals surface area (Å²) in [5.74, 6) is -0.690. The molecular formula is C20H22ClFN2O3S. The van der Waals surface area contributed by atoms with Crippen molar-refractivity contribution in [3.05, 3.63) is 63.9 Å². The summed E-state index contributed by atoms with van der Waals surface area (Å²) in [6.07, 6.45) is 1.35. The van der Waals surface area contributed by atoms with Crippen LogP contribution in [0.3, 0.4) is 0 Å². The zero-order chi connectivity index (χ0) is 20.5. The zero-order valence-corrected chi connectivity index (χ0v) is 17.3. The average molecular weight is 425 g/mol. The first-order valence-electron chi connectivity index (χ1n) is 9.16. The first-order chi connectivity index (χ1) is 13.3. The number of nitrogens with zero attached hydrogens (tertiary/aromatic N) is 1. The molecule has 5 nitrogen and oxygen atoms in total. The van der Waals surface area contributed by atoms with Gasteiger partial charge in [-0.2, -0.15) is 4.31 Å². The van der Waals surface area contributed by atoms with Gasteiger partial charge < -0.3 is 5.32 Å². The van der Waals surface area contributed by atoms with Crippen LogP contribution in [0.15, 0.2) is 41.3 Å². The van der Waals surface area contributed by atoms with Crippen LogP contribution in [-0.4, -0.2) is 31.7 Å². The molecule has 2 aromatic carbocycles. The van der Waals surface area contributed by atoms with Crippen LogP contribution in [-0.2, 0) is 16.4 Å². The summed E-state index contributed by atoms with van der Waals surface area (Å²) >= 11 is 6.12. The minimum atomic E-state index is -3.79. The van der Waals surface area contributed by atoms with Crippen molar-refractivity contribution in [2.75, 3.05) is 13.1 Å². The highest BCUT2D eigenvalue weighted by molar-refractivity contribution is 7.89. The van der Waals surface area contributed by atoms with Crippen LogP contribution in [0.5, 0.6) is 0 Å². The average Bonchev–Trinajstić information content (AvgIpc) is 3.04. The molecule has 0 bridgehead atoms. The molecule has 1 unspecified atom stereocenters. The zero-order valence-electron chi connectivity index (χ0n) is 15.7. The normalized spacial score (nSPS) is 16.2. The maximum atomic E-state index is 13.4. The number of nitrogens with one attached hydrogen (secondary N) is 1. The lowest BCUT2D eigenvalue weighted by atomic mass is 10.1. The molecule has 2 aromatic rings. The Bertz CT molecular complexity index is 1010. The second-order valence-corrected chi connectivity index (χ2v) is 8.96. The van der Waals surface area contributed by atoms with Gasteiger partial charge in [0.05, 0.1) is 11.1 Å². The lowest BCUT2D eigenvalue weighted by Gasteiger charge is -2.20. The Morgan fingerprint density at radius 3 is 2.61 bits per heavy atom. The molecule has 150 valence electrons. The van der Waals surface area contributed by atoms with Gasteiger partial charge in [0.2, 0.25) is 10.0 Å². The van der Waals surface area contributed by atoms with E-state index in [0.29, 0.717) is 25.9 Å². The molecule has 8 heteroatoms. The van der Waals surface area contributed by atoms with Crippen LogP contribution in [0.4, 0.5) is 4.39 Å². The van der Waals surface area contributed by atoms with E-state index in [-0.39, 0.29) is 27.3 Å². The number of carbonyl (C=O) groups is 1. The van der Waals surface area contributed by atoms with Crippen molar-refractivity contribution < 1.29 is 17.6 Å². The maximum Gasteiger partial charge on any atom is 0.251 e. The topological polar surface area (TPSA) is 66.5 Å². The molecular weight excluding hydrogens is 403 g/mol. The van der Waals surface area contributed by atoms with Crippen LogP contribution >= 0.6 is 11.6 Å². The van der Waals surface area contributed by atoms with Crippen molar-refractivity contribution >= 4 is 27.5 Å². The van der Waals surface area contributed by atoms with E-state index in [4.69, 9.17) is 11.6 Å². The van der Waals surface area contributed by atoms with Gasteiger partial charge in [-0.15, -0.1) is 0 Å². The van der Waals surface area contributed by atoms with E-state index in [1.54, 1.807) is 19.9 Å². The summed E-state index contributed by atoms with van der Waals surface area (Å²) in [5.41, 5.74) is 1.98. The third kappa shape index (κ3) is 3.92. The Morgan fingerprint density at radius 1 is 1.21 bits per heavy atom. The van der Waals surface area contributed by atoms with E-state index >= 15 is 0 Å². The fourth-order valence-electron chi connectivity index (χ4n) is 3.52. The van der Waals surface area contributed by atoms with E-state index in [9.17, 15) is 17.6 Å². The summed E-state index contributed by atoms with van der Waals surface area (Å²) in [7, 11) is -3.79. The van der Waals surface area contributed by atoms with E-state index in [1.165, 1.54) is 34.6 Å². The van der Waals surface area contributed by atoms with Crippen molar-refractivity contribution in [3.63, 3.8) is 0 Å². The van der Waals surface area contributed by atoms with Gasteiger partial charge in [-0.3, -0.25) is 4.79 Å². The molecule has 1 atom stereocenters. The van der Waals surface area contributed by atoms with Gasteiger partial charge in [-0.1, -0.05) is 31.5 Å². The highest BCUT2D eigenvalue weighted by Crippen LogP contribution is 2.32. The van der Waals surface area contributed by atoms with Crippen molar-refractivity contribution in [2.24, 2.45) is 0 Å². The van der Waals surface area contributed by atoms with E-state index in [0.717, 1.165) is 11.1 Å². The second kappa shape index (κ2) is 8.19. The van der Waals surface area contributed by atoms with E-state index in [2.05, 4.69) is 5.32 Å².